The molecule has 2 amide bonds. The number of piperidine rings is 1. The quantitative estimate of drug-likeness (QED) is 0.435. The van der Waals surface area contributed by atoms with E-state index in [-0.39, 0.29) is 46.9 Å². The fourth-order valence-electron chi connectivity index (χ4n) is 10.9. The Labute approximate surface area is 235 Å². The zero-order chi connectivity index (χ0) is 28.1. The molecule has 0 aromatic carbocycles. The van der Waals surface area contributed by atoms with Gasteiger partial charge in [-0.15, -0.1) is 0 Å². The average molecular weight is 547 g/mol. The molecule has 4 N–H and O–H groups in total. The van der Waals surface area contributed by atoms with Crippen molar-refractivity contribution in [3.05, 3.63) is 0 Å². The van der Waals surface area contributed by atoms with Gasteiger partial charge >= 0.3 is 6.09 Å². The molecule has 4 aliphatic carbocycles. The van der Waals surface area contributed by atoms with Crippen molar-refractivity contribution in [2.24, 2.45) is 63.9 Å². The van der Waals surface area contributed by atoms with Gasteiger partial charge in [-0.1, -0.05) is 34.1 Å². The first-order valence-electron chi connectivity index (χ1n) is 16.1. The maximum absolute atomic E-state index is 12.6. The van der Waals surface area contributed by atoms with Crippen molar-refractivity contribution >= 4 is 12.0 Å². The normalized spacial score (nSPS) is 45.1. The van der Waals surface area contributed by atoms with Gasteiger partial charge in [-0.05, 0) is 116 Å². The Balaban J connectivity index is 1.21. The Morgan fingerprint density at radius 1 is 0.974 bits per heavy atom. The number of aliphatic hydroxyl groups is 2. The van der Waals surface area contributed by atoms with E-state index >= 15 is 0 Å². The van der Waals surface area contributed by atoms with Gasteiger partial charge < -0.3 is 25.6 Å². The van der Waals surface area contributed by atoms with Gasteiger partial charge in [-0.2, -0.15) is 0 Å². The van der Waals surface area contributed by atoms with E-state index in [9.17, 15) is 19.8 Å². The van der Waals surface area contributed by atoms with Crippen molar-refractivity contribution in [1.82, 2.24) is 4.90 Å². The first-order valence-corrected chi connectivity index (χ1v) is 16.1. The molecule has 0 aromatic heterocycles. The number of hydrogen-bond acceptors (Lipinski definition) is 5. The van der Waals surface area contributed by atoms with E-state index in [1.165, 1.54) is 25.7 Å². The molecule has 222 valence electrons. The van der Waals surface area contributed by atoms with Gasteiger partial charge in [-0.25, -0.2) is 4.79 Å². The van der Waals surface area contributed by atoms with Gasteiger partial charge in [0.25, 0.3) is 0 Å². The number of ether oxygens (including phenoxy) is 1. The maximum atomic E-state index is 12.6. The summed E-state index contributed by atoms with van der Waals surface area (Å²) < 4.78 is 5.70. The monoisotopic (exact) mass is 546 g/mol. The molecule has 0 spiro atoms. The van der Waals surface area contributed by atoms with Gasteiger partial charge in [0.2, 0.25) is 5.91 Å². The van der Waals surface area contributed by atoms with E-state index in [4.69, 9.17) is 10.5 Å². The Hall–Kier alpha value is -1.34. The summed E-state index contributed by atoms with van der Waals surface area (Å²) in [6.07, 6.45) is 10.0. The molecule has 5 fully saturated rings. The Morgan fingerprint density at radius 3 is 2.31 bits per heavy atom. The SMILES string of the molecule is CC[C@@H]1C2C[C@H](O)CC[C@]2(C)[C@H]2CCC3(C)[C@@H]([C@H](C)CCOC(=O)N4CCC(C(N)=O)CC4)CC[C@H]3C2[C@@H]1O. The molecule has 7 nitrogen and oxygen atoms in total. The number of nitrogens with two attached hydrogens (primary N) is 1. The van der Waals surface area contributed by atoms with Crippen molar-refractivity contribution in [3.8, 4) is 0 Å². The number of likely N-dealkylation sites (tertiary alicyclic amines) is 1. The lowest BCUT2D eigenvalue weighted by atomic mass is 9.41. The highest BCUT2D eigenvalue weighted by atomic mass is 16.6. The van der Waals surface area contributed by atoms with E-state index in [1.54, 1.807) is 4.90 Å². The Morgan fingerprint density at radius 2 is 1.64 bits per heavy atom. The Bertz CT molecular complexity index is 905. The van der Waals surface area contributed by atoms with Crippen LogP contribution in [-0.2, 0) is 9.53 Å². The molecule has 7 heteroatoms. The lowest BCUT2D eigenvalue weighted by Crippen LogP contribution is -2.62. The molecule has 1 aliphatic heterocycles. The molecule has 1 saturated heterocycles. The summed E-state index contributed by atoms with van der Waals surface area (Å²) in [4.78, 5) is 25.8. The van der Waals surface area contributed by atoms with Gasteiger partial charge in [0, 0.05) is 19.0 Å². The van der Waals surface area contributed by atoms with Gasteiger partial charge in [0.15, 0.2) is 0 Å². The minimum atomic E-state index is -0.272. The van der Waals surface area contributed by atoms with E-state index in [0.29, 0.717) is 68.0 Å². The number of primary amides is 1. The van der Waals surface area contributed by atoms with Crippen molar-refractivity contribution in [1.29, 1.82) is 0 Å². The van der Waals surface area contributed by atoms with Gasteiger partial charge in [0.1, 0.15) is 0 Å². The highest BCUT2D eigenvalue weighted by Gasteiger charge is 2.64. The van der Waals surface area contributed by atoms with Gasteiger partial charge in [0.05, 0.1) is 18.8 Å². The van der Waals surface area contributed by atoms with Crippen molar-refractivity contribution in [2.45, 2.75) is 111 Å². The number of nitrogens with zero attached hydrogens (tertiary/aromatic N) is 1. The fraction of sp³-hybridized carbons (Fsp3) is 0.938. The van der Waals surface area contributed by atoms with E-state index in [0.717, 1.165) is 32.1 Å². The summed E-state index contributed by atoms with van der Waals surface area (Å²) in [5.74, 6) is 2.83. The van der Waals surface area contributed by atoms with Crippen LogP contribution in [0.5, 0.6) is 0 Å². The number of aliphatic hydroxyl groups excluding tert-OH is 2. The first kappa shape index (κ1) is 29.2. The molecule has 5 aliphatic rings. The third kappa shape index (κ3) is 5.02. The van der Waals surface area contributed by atoms with Crippen LogP contribution in [0.2, 0.25) is 0 Å². The maximum Gasteiger partial charge on any atom is 0.409 e. The van der Waals surface area contributed by atoms with E-state index in [1.807, 2.05) is 0 Å². The van der Waals surface area contributed by atoms with Crippen LogP contribution in [0.4, 0.5) is 4.79 Å². The Kier molecular flexibility index (Phi) is 8.34. The van der Waals surface area contributed by atoms with Crippen LogP contribution in [0.15, 0.2) is 0 Å². The lowest BCUT2D eigenvalue weighted by molar-refractivity contribution is -0.203. The molecular weight excluding hydrogens is 492 g/mol. The number of rotatable bonds is 6. The number of carbonyl (C=O) groups is 2. The lowest BCUT2D eigenvalue weighted by Gasteiger charge is -2.64. The van der Waals surface area contributed by atoms with Crippen LogP contribution in [-0.4, -0.2) is 59.0 Å². The third-order valence-electron chi connectivity index (χ3n) is 13.1. The molecule has 39 heavy (non-hydrogen) atoms. The molecule has 4 saturated carbocycles. The highest BCUT2D eigenvalue weighted by Crippen LogP contribution is 2.69. The summed E-state index contributed by atoms with van der Waals surface area (Å²) in [6, 6.07) is 0. The fourth-order valence-corrected chi connectivity index (χ4v) is 10.9. The number of carbonyl (C=O) groups excluding carboxylic acids is 2. The molecule has 3 unspecified atom stereocenters. The second kappa shape index (κ2) is 11.2. The molecule has 0 aromatic rings. The summed E-state index contributed by atoms with van der Waals surface area (Å²) in [7, 11) is 0. The minimum Gasteiger partial charge on any atom is -0.449 e. The summed E-state index contributed by atoms with van der Waals surface area (Å²) in [6.45, 7) is 11.1. The first-order chi connectivity index (χ1) is 18.5. The predicted octanol–water partition coefficient (Wildman–Crippen LogP) is 4.97. The summed E-state index contributed by atoms with van der Waals surface area (Å²) in [5, 5.41) is 22.4. The number of hydrogen-bond donors (Lipinski definition) is 3. The predicted molar refractivity (Wildman–Crippen MR) is 150 cm³/mol. The van der Waals surface area contributed by atoms with E-state index < -0.39 is 0 Å². The largest absolute Gasteiger partial charge is 0.449 e. The molecule has 0 bridgehead atoms. The third-order valence-corrected chi connectivity index (χ3v) is 13.1. The van der Waals surface area contributed by atoms with Crippen molar-refractivity contribution in [2.75, 3.05) is 19.7 Å². The topological polar surface area (TPSA) is 113 Å². The van der Waals surface area contributed by atoms with Crippen LogP contribution in [0, 0.1) is 58.2 Å². The average Bonchev–Trinajstić information content (AvgIpc) is 3.27. The van der Waals surface area contributed by atoms with Crippen molar-refractivity contribution in [3.63, 3.8) is 0 Å². The van der Waals surface area contributed by atoms with Crippen molar-refractivity contribution < 1.29 is 24.5 Å². The standard InChI is InChI=1S/C32H54N2O5/c1-5-22-26-18-21(35)8-13-32(26,4)25-9-14-31(3)23(6-7-24(31)27(25)28(22)36)19(2)12-17-39-30(38)34-15-10-20(11-16-34)29(33)37/h19-28,35-36H,5-18H2,1-4H3,(H2,33,37)/t19-,21-,22-,23-,24+,25+,26?,27?,28-,31?,32-/m1/s1. The van der Waals surface area contributed by atoms with Crippen LogP contribution in [0.25, 0.3) is 0 Å². The minimum absolute atomic E-state index is 0.131. The molecule has 1 heterocycles. The molecule has 11 atom stereocenters. The molecule has 0 radical (unpaired) electrons. The second-order valence-corrected chi connectivity index (χ2v) is 14.7. The van der Waals surface area contributed by atoms with Gasteiger partial charge in [-0.3, -0.25) is 4.79 Å². The second-order valence-electron chi connectivity index (χ2n) is 14.7. The summed E-state index contributed by atoms with van der Waals surface area (Å²) in [5.41, 5.74) is 5.87. The van der Waals surface area contributed by atoms with Crippen LogP contribution < -0.4 is 5.73 Å². The zero-order valence-corrected chi connectivity index (χ0v) is 24.8. The highest BCUT2D eigenvalue weighted by molar-refractivity contribution is 5.77. The van der Waals surface area contributed by atoms with Crippen LogP contribution in [0.3, 0.4) is 0 Å². The number of fused-ring (bicyclic) bond motifs is 5. The number of amides is 2. The van der Waals surface area contributed by atoms with E-state index in [2.05, 4.69) is 27.7 Å². The van der Waals surface area contributed by atoms with Crippen LogP contribution in [0.1, 0.15) is 98.3 Å². The molecular formula is C32H54N2O5. The zero-order valence-electron chi connectivity index (χ0n) is 24.8. The molecule has 5 rings (SSSR count). The smallest absolute Gasteiger partial charge is 0.409 e. The van der Waals surface area contributed by atoms with Crippen LogP contribution >= 0.6 is 0 Å². The summed E-state index contributed by atoms with van der Waals surface area (Å²) >= 11 is 0.